The fraction of sp³-hybridized carbons (Fsp3) is 0.733. The van der Waals surface area contributed by atoms with E-state index in [1.54, 1.807) is 0 Å². The van der Waals surface area contributed by atoms with Gasteiger partial charge in [-0.1, -0.05) is 0 Å². The molecule has 0 saturated carbocycles. The van der Waals surface area contributed by atoms with Crippen molar-refractivity contribution >= 4 is 5.95 Å². The molecule has 19 heavy (non-hydrogen) atoms. The van der Waals surface area contributed by atoms with Gasteiger partial charge in [0.15, 0.2) is 0 Å². The molecule has 3 rings (SSSR count). The molecule has 4 nitrogen and oxygen atoms in total. The van der Waals surface area contributed by atoms with Gasteiger partial charge in [-0.3, -0.25) is 0 Å². The third-order valence-corrected chi connectivity index (χ3v) is 4.40. The van der Waals surface area contributed by atoms with Crippen molar-refractivity contribution in [1.82, 2.24) is 15.3 Å². The Morgan fingerprint density at radius 1 is 1.16 bits per heavy atom. The zero-order chi connectivity index (χ0) is 13.1. The lowest BCUT2D eigenvalue weighted by Crippen LogP contribution is -2.31. The van der Waals surface area contributed by atoms with Crippen molar-refractivity contribution in [2.45, 2.75) is 45.4 Å². The molecule has 0 unspecified atom stereocenters. The molecule has 1 fully saturated rings. The van der Waals surface area contributed by atoms with Crippen molar-refractivity contribution < 1.29 is 0 Å². The van der Waals surface area contributed by atoms with Crippen LogP contribution in [-0.4, -0.2) is 29.6 Å². The summed E-state index contributed by atoms with van der Waals surface area (Å²) in [7, 11) is 0. The minimum absolute atomic E-state index is 0.765. The van der Waals surface area contributed by atoms with Crippen molar-refractivity contribution in [2.75, 3.05) is 25.0 Å². The molecule has 0 bridgehead atoms. The molecule has 2 heterocycles. The second kappa shape index (κ2) is 5.87. The summed E-state index contributed by atoms with van der Waals surface area (Å²) in [5, 5.41) is 6.86. The molecule has 1 aliphatic heterocycles. The summed E-state index contributed by atoms with van der Waals surface area (Å²) in [6, 6.07) is 0. The van der Waals surface area contributed by atoms with Crippen molar-refractivity contribution in [3.63, 3.8) is 0 Å². The van der Waals surface area contributed by atoms with Crippen LogP contribution in [0.1, 0.15) is 42.6 Å². The van der Waals surface area contributed by atoms with Crippen LogP contribution in [0.3, 0.4) is 0 Å². The predicted octanol–water partition coefficient (Wildman–Crippen LogP) is 2.08. The Balaban J connectivity index is 1.65. The first-order chi connectivity index (χ1) is 9.33. The number of hydrogen-bond acceptors (Lipinski definition) is 4. The first-order valence-corrected chi connectivity index (χ1v) is 7.64. The summed E-state index contributed by atoms with van der Waals surface area (Å²) in [6.45, 7) is 5.44. The number of aryl methyl sites for hydroxylation is 2. The predicted molar refractivity (Wildman–Crippen MR) is 77.5 cm³/mol. The molecule has 0 aromatic carbocycles. The monoisotopic (exact) mass is 260 g/mol. The molecule has 1 aromatic rings. The number of fused-ring (bicyclic) bond motifs is 1. The Morgan fingerprint density at radius 2 is 1.95 bits per heavy atom. The van der Waals surface area contributed by atoms with E-state index in [1.165, 1.54) is 42.6 Å². The van der Waals surface area contributed by atoms with E-state index in [0.717, 1.165) is 44.3 Å². The second-order valence-electron chi connectivity index (χ2n) is 5.84. The summed E-state index contributed by atoms with van der Waals surface area (Å²) < 4.78 is 0. The molecule has 104 valence electrons. The van der Waals surface area contributed by atoms with Crippen molar-refractivity contribution in [2.24, 2.45) is 5.92 Å². The fourth-order valence-electron chi connectivity index (χ4n) is 3.18. The van der Waals surface area contributed by atoms with E-state index in [2.05, 4.69) is 22.5 Å². The number of aromatic nitrogens is 2. The highest BCUT2D eigenvalue weighted by atomic mass is 15.1. The highest BCUT2D eigenvalue weighted by Gasteiger charge is 2.17. The average Bonchev–Trinajstić information content (AvgIpc) is 2.46. The molecule has 1 aromatic heterocycles. The number of piperidine rings is 1. The van der Waals surface area contributed by atoms with Crippen molar-refractivity contribution in [1.29, 1.82) is 0 Å². The van der Waals surface area contributed by atoms with Crippen LogP contribution in [0.5, 0.6) is 0 Å². The molecule has 0 radical (unpaired) electrons. The number of rotatable bonds is 3. The normalized spacial score (nSPS) is 20.1. The first-order valence-electron chi connectivity index (χ1n) is 7.64. The zero-order valence-corrected chi connectivity index (χ0v) is 11.8. The molecule has 1 saturated heterocycles. The van der Waals surface area contributed by atoms with Crippen LogP contribution in [0.25, 0.3) is 0 Å². The molecule has 0 amide bonds. The molecular formula is C15H24N4. The number of nitrogens with zero attached hydrogens (tertiary/aromatic N) is 2. The van der Waals surface area contributed by atoms with E-state index in [4.69, 9.17) is 4.98 Å². The average molecular weight is 260 g/mol. The summed E-state index contributed by atoms with van der Waals surface area (Å²) in [6.07, 6.45) is 7.38. The van der Waals surface area contributed by atoms with E-state index in [9.17, 15) is 0 Å². The van der Waals surface area contributed by atoms with E-state index >= 15 is 0 Å². The van der Waals surface area contributed by atoms with Gasteiger partial charge in [0.1, 0.15) is 0 Å². The minimum atomic E-state index is 0.765. The van der Waals surface area contributed by atoms with E-state index in [-0.39, 0.29) is 0 Å². The largest absolute Gasteiger partial charge is 0.354 e. The minimum Gasteiger partial charge on any atom is -0.354 e. The van der Waals surface area contributed by atoms with Gasteiger partial charge >= 0.3 is 0 Å². The number of nitrogens with one attached hydrogen (secondary N) is 2. The van der Waals surface area contributed by atoms with Gasteiger partial charge in [0.2, 0.25) is 5.95 Å². The smallest absolute Gasteiger partial charge is 0.223 e. The van der Waals surface area contributed by atoms with Crippen molar-refractivity contribution in [3.8, 4) is 0 Å². The van der Waals surface area contributed by atoms with E-state index < -0.39 is 0 Å². The van der Waals surface area contributed by atoms with Gasteiger partial charge < -0.3 is 10.6 Å². The van der Waals surface area contributed by atoms with Crippen LogP contribution >= 0.6 is 0 Å². The lowest BCUT2D eigenvalue weighted by Gasteiger charge is -2.23. The topological polar surface area (TPSA) is 49.8 Å². The summed E-state index contributed by atoms with van der Waals surface area (Å²) in [5.41, 5.74) is 3.86. The quantitative estimate of drug-likeness (QED) is 0.873. The van der Waals surface area contributed by atoms with Gasteiger partial charge in [-0.05, 0) is 70.0 Å². The van der Waals surface area contributed by atoms with Gasteiger partial charge in [0, 0.05) is 17.9 Å². The van der Waals surface area contributed by atoms with Crippen LogP contribution in [0.4, 0.5) is 5.95 Å². The van der Waals surface area contributed by atoms with E-state index in [0.29, 0.717) is 0 Å². The zero-order valence-electron chi connectivity index (χ0n) is 11.8. The molecular weight excluding hydrogens is 236 g/mol. The van der Waals surface area contributed by atoms with Crippen LogP contribution in [-0.2, 0) is 12.8 Å². The third kappa shape index (κ3) is 3.06. The van der Waals surface area contributed by atoms with Gasteiger partial charge in [-0.2, -0.15) is 0 Å². The van der Waals surface area contributed by atoms with Crippen LogP contribution in [0.2, 0.25) is 0 Å². The third-order valence-electron chi connectivity index (χ3n) is 4.40. The molecule has 0 atom stereocenters. The highest BCUT2D eigenvalue weighted by Crippen LogP contribution is 2.23. The van der Waals surface area contributed by atoms with Gasteiger partial charge in [0.25, 0.3) is 0 Å². The fourth-order valence-corrected chi connectivity index (χ4v) is 3.18. The summed E-state index contributed by atoms with van der Waals surface area (Å²) in [5.74, 6) is 1.61. The molecule has 4 heteroatoms. The lowest BCUT2D eigenvalue weighted by molar-refractivity contribution is 0.389. The summed E-state index contributed by atoms with van der Waals surface area (Å²) in [4.78, 5) is 9.35. The Hall–Kier alpha value is -1.16. The highest BCUT2D eigenvalue weighted by molar-refractivity contribution is 5.35. The Labute approximate surface area is 115 Å². The molecule has 2 aliphatic rings. The second-order valence-corrected chi connectivity index (χ2v) is 5.84. The molecule has 1 aliphatic carbocycles. The van der Waals surface area contributed by atoms with Crippen LogP contribution < -0.4 is 10.6 Å². The Morgan fingerprint density at radius 3 is 2.79 bits per heavy atom. The maximum atomic E-state index is 4.72. The number of anilines is 1. The summed E-state index contributed by atoms with van der Waals surface area (Å²) >= 11 is 0. The standard InChI is InChI=1S/C15H24N4/c1-11-13-4-2-3-5-14(13)19-15(18-11)17-10-12-6-8-16-9-7-12/h12,16H,2-10H2,1H3,(H,17,18,19). The van der Waals surface area contributed by atoms with Gasteiger partial charge in [-0.25, -0.2) is 9.97 Å². The van der Waals surface area contributed by atoms with Gasteiger partial charge in [-0.15, -0.1) is 0 Å². The lowest BCUT2D eigenvalue weighted by atomic mass is 9.95. The first kappa shape index (κ1) is 12.9. The molecule has 0 spiro atoms. The maximum absolute atomic E-state index is 4.72. The van der Waals surface area contributed by atoms with Gasteiger partial charge in [0.05, 0.1) is 0 Å². The van der Waals surface area contributed by atoms with Crippen molar-refractivity contribution in [3.05, 3.63) is 17.0 Å². The molecule has 2 N–H and O–H groups in total. The number of hydrogen-bond donors (Lipinski definition) is 2. The van der Waals surface area contributed by atoms with Crippen LogP contribution in [0.15, 0.2) is 0 Å². The Kier molecular flexibility index (Phi) is 3.97. The van der Waals surface area contributed by atoms with Crippen LogP contribution in [0, 0.1) is 12.8 Å². The Bertz CT molecular complexity index is 438. The van der Waals surface area contributed by atoms with E-state index in [1.807, 2.05) is 0 Å². The maximum Gasteiger partial charge on any atom is 0.223 e. The SMILES string of the molecule is Cc1nc(NCC2CCNCC2)nc2c1CCCC2.